The monoisotopic (exact) mass is 467 g/mol. The number of hydrogen-bond acceptors (Lipinski definition) is 3. The van der Waals surface area contributed by atoms with Gasteiger partial charge < -0.3 is 14.7 Å². The molecule has 1 N–H and O–H groups in total. The average molecular weight is 468 g/mol. The van der Waals surface area contributed by atoms with Crippen LogP contribution in [-0.4, -0.2) is 46.8 Å². The Morgan fingerprint density at radius 3 is 2.33 bits per heavy atom. The Labute approximate surface area is 204 Å². The van der Waals surface area contributed by atoms with Crippen molar-refractivity contribution >= 4 is 23.2 Å². The average Bonchev–Trinajstić information content (AvgIpc) is 2.85. The highest BCUT2D eigenvalue weighted by Crippen LogP contribution is 2.30. The predicted octanol–water partition coefficient (Wildman–Crippen LogP) is 6.03. The molecule has 2 aromatic carbocycles. The van der Waals surface area contributed by atoms with Gasteiger partial charge in [0.15, 0.2) is 6.10 Å². The number of ether oxygens (including phenoxy) is 1. The molecule has 0 spiro atoms. The molecule has 1 saturated carbocycles. The Kier molecular flexibility index (Phi) is 9.89. The zero-order chi connectivity index (χ0) is 23.6. The molecule has 33 heavy (non-hydrogen) atoms. The topological polar surface area (TPSA) is 49.8 Å². The molecule has 0 radical (unpaired) electrons. The lowest BCUT2D eigenvalue weighted by Gasteiger charge is -2.36. The third kappa shape index (κ3) is 7.38. The molecule has 1 aliphatic carbocycles. The van der Waals surface area contributed by atoms with Crippen molar-refractivity contribution in [3.8, 4) is 0 Å². The van der Waals surface area contributed by atoms with Gasteiger partial charge >= 0.3 is 5.97 Å². The number of carbonyl (C=O) groups is 1. The molecule has 3 rings (SSSR count). The molecule has 0 amide bonds. The molecule has 2 atom stereocenters. The van der Waals surface area contributed by atoms with E-state index in [0.717, 1.165) is 23.4 Å². The van der Waals surface area contributed by atoms with E-state index in [1.165, 1.54) is 43.2 Å². The smallest absolute Gasteiger partial charge is 0.333 e. The van der Waals surface area contributed by atoms with Gasteiger partial charge in [0.25, 0.3) is 0 Å². The molecule has 178 valence electrons. The zero-order valence-electron chi connectivity index (χ0n) is 19.9. The summed E-state index contributed by atoms with van der Waals surface area (Å²) in [6.45, 7) is 2.21. The van der Waals surface area contributed by atoms with Crippen molar-refractivity contribution in [2.75, 3.05) is 13.7 Å². The molecule has 0 aliphatic heterocycles. The number of carboxylic acids is 1. The molecular formula is C28H37NO3S. The maximum absolute atomic E-state index is 11.5. The van der Waals surface area contributed by atoms with E-state index in [1.807, 2.05) is 25.1 Å². The highest BCUT2D eigenvalue weighted by molar-refractivity contribution is 7.80. The molecule has 4 nitrogen and oxygen atoms in total. The van der Waals surface area contributed by atoms with Crippen LogP contribution in [0.25, 0.3) is 0 Å². The van der Waals surface area contributed by atoms with Crippen LogP contribution in [0.5, 0.6) is 0 Å². The van der Waals surface area contributed by atoms with Gasteiger partial charge in [-0.1, -0.05) is 86.1 Å². The predicted molar refractivity (Wildman–Crippen MR) is 138 cm³/mol. The minimum Gasteiger partial charge on any atom is -0.479 e. The number of aryl methyl sites for hydroxylation is 1. The van der Waals surface area contributed by atoms with E-state index in [9.17, 15) is 9.90 Å². The fraction of sp³-hybridized carbons (Fsp3) is 0.500. The number of hydrogen-bond donors (Lipinski definition) is 1. The first-order valence-corrected chi connectivity index (χ1v) is 12.6. The van der Waals surface area contributed by atoms with Gasteiger partial charge in [-0.05, 0) is 49.3 Å². The summed E-state index contributed by atoms with van der Waals surface area (Å²) in [5.74, 6) is -0.764. The van der Waals surface area contributed by atoms with E-state index in [2.05, 4.69) is 48.3 Å². The van der Waals surface area contributed by atoms with Gasteiger partial charge in [-0.15, -0.1) is 0 Å². The Morgan fingerprint density at radius 1 is 1.06 bits per heavy atom. The van der Waals surface area contributed by atoms with Crippen LogP contribution in [0.4, 0.5) is 0 Å². The Hall–Kier alpha value is -2.24. The molecule has 5 heteroatoms. The summed E-state index contributed by atoms with van der Waals surface area (Å²) in [6.07, 6.45) is 7.81. The number of benzene rings is 2. The third-order valence-electron chi connectivity index (χ3n) is 6.78. The number of aliphatic carboxylic acids is 1. The summed E-state index contributed by atoms with van der Waals surface area (Å²) in [7, 11) is 2.17. The number of thiocarbonyl (C=S) groups is 1. The number of rotatable bonds is 11. The van der Waals surface area contributed by atoms with Crippen LogP contribution in [-0.2, 0) is 22.4 Å². The fourth-order valence-corrected chi connectivity index (χ4v) is 5.20. The van der Waals surface area contributed by atoms with Gasteiger partial charge in [-0.3, -0.25) is 0 Å². The summed E-state index contributed by atoms with van der Waals surface area (Å²) in [5, 5.41) is 9.40. The van der Waals surface area contributed by atoms with Crippen LogP contribution in [0.3, 0.4) is 0 Å². The first kappa shape index (κ1) is 25.4. The second-order valence-electron chi connectivity index (χ2n) is 9.05. The minimum atomic E-state index is -0.919. The second-order valence-corrected chi connectivity index (χ2v) is 9.46. The molecule has 1 aliphatic rings. The minimum absolute atomic E-state index is 0.156. The van der Waals surface area contributed by atoms with E-state index < -0.39 is 12.1 Å². The van der Waals surface area contributed by atoms with Crippen molar-refractivity contribution in [3.63, 3.8) is 0 Å². The second kappa shape index (κ2) is 12.9. The first-order valence-electron chi connectivity index (χ1n) is 12.2. The largest absolute Gasteiger partial charge is 0.479 e. The van der Waals surface area contributed by atoms with Crippen LogP contribution < -0.4 is 0 Å². The van der Waals surface area contributed by atoms with E-state index >= 15 is 0 Å². The van der Waals surface area contributed by atoms with Gasteiger partial charge in [0, 0.05) is 32.0 Å². The van der Waals surface area contributed by atoms with Gasteiger partial charge in [-0.25, -0.2) is 4.79 Å². The first-order chi connectivity index (χ1) is 16.0. The van der Waals surface area contributed by atoms with Gasteiger partial charge in [-0.2, -0.15) is 0 Å². The quantitative estimate of drug-likeness (QED) is 0.409. The van der Waals surface area contributed by atoms with Crippen LogP contribution in [0.15, 0.2) is 54.6 Å². The Balaban J connectivity index is 1.77. The van der Waals surface area contributed by atoms with Crippen molar-refractivity contribution in [2.45, 2.75) is 76.4 Å². The lowest BCUT2D eigenvalue weighted by atomic mass is 9.88. The van der Waals surface area contributed by atoms with Gasteiger partial charge in [0.1, 0.15) is 0 Å². The van der Waals surface area contributed by atoms with Gasteiger partial charge in [0.05, 0.1) is 4.99 Å². The standard InChI is InChI=1S/C28H37NO3S/c1-3-32-26(28(30)31)20-22-14-17-23(18-15-22)25(19-16-21-10-6-4-7-11-21)27(33)29(2)24-12-8-5-9-13-24/h4,6-7,10-11,14-15,17-18,24-26H,3,5,8-9,12-13,16,19-20H2,1-2H3,(H,30,31)/t25-,26+/m0/s1. The zero-order valence-corrected chi connectivity index (χ0v) is 20.7. The van der Waals surface area contributed by atoms with Crippen molar-refractivity contribution < 1.29 is 14.6 Å². The molecule has 2 aromatic rings. The SMILES string of the molecule is CCO[C@H](Cc1ccc([C@H](CCc2ccccc2)C(=S)N(C)C2CCCCC2)cc1)C(=O)O. The normalized spacial score (nSPS) is 16.2. The van der Waals surface area contributed by atoms with Crippen LogP contribution in [0.1, 0.15) is 68.1 Å². The van der Waals surface area contributed by atoms with Crippen molar-refractivity contribution in [3.05, 3.63) is 71.3 Å². The number of nitrogens with zero attached hydrogens (tertiary/aromatic N) is 1. The molecule has 0 unspecified atom stereocenters. The van der Waals surface area contributed by atoms with Gasteiger partial charge in [0.2, 0.25) is 0 Å². The Morgan fingerprint density at radius 2 is 1.73 bits per heavy atom. The van der Waals surface area contributed by atoms with Crippen LogP contribution in [0, 0.1) is 0 Å². The molecule has 0 saturated heterocycles. The summed E-state index contributed by atoms with van der Waals surface area (Å²) in [4.78, 5) is 14.8. The van der Waals surface area contributed by atoms with Crippen molar-refractivity contribution in [2.24, 2.45) is 0 Å². The maximum atomic E-state index is 11.5. The molecular weight excluding hydrogens is 430 g/mol. The molecule has 0 aromatic heterocycles. The van der Waals surface area contributed by atoms with E-state index in [1.54, 1.807) is 0 Å². The molecule has 0 heterocycles. The summed E-state index contributed by atoms with van der Waals surface area (Å²) in [5.41, 5.74) is 3.49. The van der Waals surface area contributed by atoms with E-state index in [-0.39, 0.29) is 5.92 Å². The highest BCUT2D eigenvalue weighted by atomic mass is 32.1. The number of likely N-dealkylation sites (N-methyl/N-ethyl adjacent to an activating group) is 1. The summed E-state index contributed by atoms with van der Waals surface area (Å²) < 4.78 is 5.38. The summed E-state index contributed by atoms with van der Waals surface area (Å²) in [6, 6.07) is 19.4. The summed E-state index contributed by atoms with van der Waals surface area (Å²) >= 11 is 6.08. The van der Waals surface area contributed by atoms with E-state index in [4.69, 9.17) is 17.0 Å². The molecule has 1 fully saturated rings. The lowest BCUT2D eigenvalue weighted by Crippen LogP contribution is -2.40. The van der Waals surface area contributed by atoms with E-state index in [0.29, 0.717) is 19.1 Å². The van der Waals surface area contributed by atoms with Crippen LogP contribution in [0.2, 0.25) is 0 Å². The number of carboxylic acid groups (broad SMARTS) is 1. The maximum Gasteiger partial charge on any atom is 0.333 e. The van der Waals surface area contributed by atoms with Crippen molar-refractivity contribution in [1.29, 1.82) is 0 Å². The highest BCUT2D eigenvalue weighted by Gasteiger charge is 2.26. The van der Waals surface area contributed by atoms with Crippen LogP contribution >= 0.6 is 12.2 Å². The third-order valence-corrected chi connectivity index (χ3v) is 7.35. The Bertz CT molecular complexity index is 878. The van der Waals surface area contributed by atoms with Crippen molar-refractivity contribution in [1.82, 2.24) is 4.90 Å². The molecule has 0 bridgehead atoms. The lowest BCUT2D eigenvalue weighted by molar-refractivity contribution is -0.149. The fourth-order valence-electron chi connectivity index (χ4n) is 4.80.